The minimum atomic E-state index is -3.67. The molecule has 2 saturated heterocycles. The molecular formula is C27H33BF2N2O6. The number of halogens is 2. The third-order valence-electron chi connectivity index (χ3n) is 7.95. The van der Waals surface area contributed by atoms with Crippen LogP contribution >= 0.6 is 0 Å². The van der Waals surface area contributed by atoms with Crippen molar-refractivity contribution >= 4 is 24.0 Å². The quantitative estimate of drug-likeness (QED) is 0.503. The molecule has 6 rings (SSSR count). The molecule has 0 radical (unpaired) electrons. The van der Waals surface area contributed by atoms with Crippen LogP contribution in [0.15, 0.2) is 36.4 Å². The molecule has 1 unspecified atom stereocenters. The Hall–Kier alpha value is -2.60. The molecule has 4 aliphatic rings. The van der Waals surface area contributed by atoms with Crippen LogP contribution < -0.4 is 25.0 Å². The number of anilines is 2. The van der Waals surface area contributed by atoms with Crippen molar-refractivity contribution in [2.24, 2.45) is 0 Å². The third-order valence-corrected chi connectivity index (χ3v) is 7.95. The molecule has 2 fully saturated rings. The zero-order valence-electron chi connectivity index (χ0n) is 22.2. The van der Waals surface area contributed by atoms with Gasteiger partial charge in [0.15, 0.2) is 17.8 Å². The first-order chi connectivity index (χ1) is 18.0. The first kappa shape index (κ1) is 25.7. The van der Waals surface area contributed by atoms with Crippen molar-refractivity contribution in [2.75, 3.05) is 29.8 Å². The molecule has 38 heavy (non-hydrogen) atoms. The van der Waals surface area contributed by atoms with Crippen LogP contribution in [0.25, 0.3) is 0 Å². The second-order valence-electron chi connectivity index (χ2n) is 11.1. The van der Waals surface area contributed by atoms with Gasteiger partial charge < -0.3 is 28.3 Å². The van der Waals surface area contributed by atoms with Crippen LogP contribution in [-0.2, 0) is 25.3 Å². The SMILES string of the molecule is CC1(C)OB(c2ccc3c(c2)CN(c2ccc4c(c2)OC(F)(F)O4)N3CCOC2CCCCO2)OC1(C)C. The number of nitrogens with zero attached hydrogens (tertiary/aromatic N) is 2. The molecule has 4 aliphatic heterocycles. The van der Waals surface area contributed by atoms with E-state index in [0.717, 1.165) is 36.0 Å². The molecule has 0 amide bonds. The second kappa shape index (κ2) is 9.26. The summed E-state index contributed by atoms with van der Waals surface area (Å²) in [6, 6.07) is 11.0. The normalized spacial score (nSPS) is 24.7. The van der Waals surface area contributed by atoms with E-state index >= 15 is 0 Å². The molecule has 2 aromatic rings. The van der Waals surface area contributed by atoms with E-state index in [-0.39, 0.29) is 17.8 Å². The molecule has 4 heterocycles. The molecule has 0 aromatic heterocycles. The summed E-state index contributed by atoms with van der Waals surface area (Å²) in [5, 5.41) is 4.13. The van der Waals surface area contributed by atoms with Gasteiger partial charge in [0.25, 0.3) is 0 Å². The van der Waals surface area contributed by atoms with Gasteiger partial charge in [-0.2, -0.15) is 0 Å². The first-order valence-electron chi connectivity index (χ1n) is 13.2. The van der Waals surface area contributed by atoms with Gasteiger partial charge in [-0.3, -0.25) is 10.0 Å². The predicted octanol–water partition coefficient (Wildman–Crippen LogP) is 4.59. The Labute approximate surface area is 221 Å². The molecule has 0 saturated carbocycles. The fraction of sp³-hybridized carbons (Fsp3) is 0.556. The largest absolute Gasteiger partial charge is 0.586 e. The number of rotatable bonds is 6. The predicted molar refractivity (Wildman–Crippen MR) is 138 cm³/mol. The van der Waals surface area contributed by atoms with Gasteiger partial charge >= 0.3 is 13.4 Å². The van der Waals surface area contributed by atoms with Crippen molar-refractivity contribution in [3.63, 3.8) is 0 Å². The van der Waals surface area contributed by atoms with Gasteiger partial charge in [0.05, 0.1) is 42.3 Å². The average Bonchev–Trinajstić information content (AvgIpc) is 3.45. The number of hydrogen-bond donors (Lipinski definition) is 0. The Bertz CT molecular complexity index is 1190. The standard InChI is InChI=1S/C27H33BF2N2O6/c1-25(2)26(3,4)38-28(37-25)19-8-10-21-18(15-19)17-32(31(21)12-14-34-24-7-5-6-13-33-24)20-9-11-22-23(16-20)36-27(29,30)35-22/h8-11,15-16,24H,5-7,12-14,17H2,1-4H3. The zero-order chi connectivity index (χ0) is 26.7. The van der Waals surface area contributed by atoms with E-state index in [0.29, 0.717) is 32.0 Å². The lowest BCUT2D eigenvalue weighted by Crippen LogP contribution is -2.41. The molecule has 11 heteroatoms. The summed E-state index contributed by atoms with van der Waals surface area (Å²) in [5.74, 6) is 0.0241. The smallest absolute Gasteiger partial charge is 0.399 e. The summed E-state index contributed by atoms with van der Waals surface area (Å²) in [5.41, 5.74) is 2.81. The highest BCUT2D eigenvalue weighted by Crippen LogP contribution is 2.45. The maximum absolute atomic E-state index is 13.7. The number of hydrazine groups is 1. The maximum atomic E-state index is 13.7. The van der Waals surface area contributed by atoms with Gasteiger partial charge in [-0.05, 0) is 76.2 Å². The van der Waals surface area contributed by atoms with Crippen LogP contribution in [0.3, 0.4) is 0 Å². The van der Waals surface area contributed by atoms with E-state index in [4.69, 9.17) is 23.5 Å². The fourth-order valence-corrected chi connectivity index (χ4v) is 5.17. The Kier molecular flexibility index (Phi) is 6.25. The van der Waals surface area contributed by atoms with Crippen LogP contribution in [0.4, 0.5) is 20.2 Å². The Balaban J connectivity index is 1.26. The van der Waals surface area contributed by atoms with Crippen LogP contribution in [0, 0.1) is 0 Å². The van der Waals surface area contributed by atoms with Crippen LogP contribution in [0.2, 0.25) is 0 Å². The van der Waals surface area contributed by atoms with E-state index in [1.54, 1.807) is 12.1 Å². The highest BCUT2D eigenvalue weighted by molar-refractivity contribution is 6.62. The summed E-state index contributed by atoms with van der Waals surface area (Å²) in [7, 11) is -0.479. The Morgan fingerprint density at radius 3 is 2.47 bits per heavy atom. The molecule has 8 nitrogen and oxygen atoms in total. The van der Waals surface area contributed by atoms with Crippen LogP contribution in [0.5, 0.6) is 11.5 Å². The van der Waals surface area contributed by atoms with Gasteiger partial charge in [0, 0.05) is 12.7 Å². The molecule has 1 atom stereocenters. The van der Waals surface area contributed by atoms with Crippen molar-refractivity contribution in [3.8, 4) is 11.5 Å². The van der Waals surface area contributed by atoms with Crippen LogP contribution in [-0.4, -0.2) is 50.7 Å². The van der Waals surface area contributed by atoms with Gasteiger partial charge in [-0.25, -0.2) is 0 Å². The van der Waals surface area contributed by atoms with E-state index < -0.39 is 24.6 Å². The Morgan fingerprint density at radius 2 is 1.74 bits per heavy atom. The van der Waals surface area contributed by atoms with Crippen molar-refractivity contribution < 1.29 is 37.0 Å². The summed E-state index contributed by atoms with van der Waals surface area (Å²) < 4.78 is 60.9. The topological polar surface area (TPSA) is 61.9 Å². The van der Waals surface area contributed by atoms with Crippen molar-refractivity contribution in [2.45, 2.75) is 77.3 Å². The van der Waals surface area contributed by atoms with E-state index in [1.807, 2.05) is 44.8 Å². The van der Waals surface area contributed by atoms with Gasteiger partial charge in [-0.15, -0.1) is 8.78 Å². The molecule has 0 N–H and O–H groups in total. The summed E-state index contributed by atoms with van der Waals surface area (Å²) in [6.45, 7) is 10.4. The highest BCUT2D eigenvalue weighted by atomic mass is 19.3. The molecule has 204 valence electrons. The van der Waals surface area contributed by atoms with Crippen LogP contribution in [0.1, 0.15) is 52.5 Å². The Morgan fingerprint density at radius 1 is 0.974 bits per heavy atom. The second-order valence-corrected chi connectivity index (χ2v) is 11.1. The maximum Gasteiger partial charge on any atom is 0.586 e. The third kappa shape index (κ3) is 4.70. The number of benzene rings is 2. The monoisotopic (exact) mass is 530 g/mol. The lowest BCUT2D eigenvalue weighted by atomic mass is 9.78. The van der Waals surface area contributed by atoms with Crippen molar-refractivity contribution in [1.82, 2.24) is 0 Å². The molecule has 0 spiro atoms. The number of fused-ring (bicyclic) bond motifs is 2. The summed E-state index contributed by atoms with van der Waals surface area (Å²) in [6.07, 6.45) is -0.833. The molecule has 0 bridgehead atoms. The average molecular weight is 530 g/mol. The van der Waals surface area contributed by atoms with E-state index in [9.17, 15) is 8.78 Å². The highest BCUT2D eigenvalue weighted by Gasteiger charge is 2.52. The van der Waals surface area contributed by atoms with Gasteiger partial charge in [0.1, 0.15) is 0 Å². The fourth-order valence-electron chi connectivity index (χ4n) is 5.17. The van der Waals surface area contributed by atoms with E-state index in [2.05, 4.69) is 15.8 Å². The number of hydrogen-bond acceptors (Lipinski definition) is 8. The van der Waals surface area contributed by atoms with Gasteiger partial charge in [-0.1, -0.05) is 12.1 Å². The zero-order valence-corrected chi connectivity index (χ0v) is 22.2. The summed E-state index contributed by atoms with van der Waals surface area (Å²) in [4.78, 5) is 0. The van der Waals surface area contributed by atoms with Crippen molar-refractivity contribution in [1.29, 1.82) is 0 Å². The lowest BCUT2D eigenvalue weighted by Gasteiger charge is -2.33. The van der Waals surface area contributed by atoms with Gasteiger partial charge in [0.2, 0.25) is 0 Å². The minimum Gasteiger partial charge on any atom is -0.399 e. The van der Waals surface area contributed by atoms with E-state index in [1.165, 1.54) is 6.07 Å². The lowest BCUT2D eigenvalue weighted by molar-refractivity contribution is -0.286. The van der Waals surface area contributed by atoms with Crippen molar-refractivity contribution in [3.05, 3.63) is 42.0 Å². The number of ether oxygens (including phenoxy) is 4. The summed E-state index contributed by atoms with van der Waals surface area (Å²) >= 11 is 0. The molecular weight excluding hydrogens is 497 g/mol. The minimum absolute atomic E-state index is 0.00756. The first-order valence-corrected chi connectivity index (χ1v) is 13.2. The number of alkyl halides is 2. The molecule has 2 aromatic carbocycles. The molecule has 0 aliphatic carbocycles.